The summed E-state index contributed by atoms with van der Waals surface area (Å²) in [6, 6.07) is 3.88. The Kier molecular flexibility index (Phi) is 4.09. The van der Waals surface area contributed by atoms with Crippen LogP contribution in [0.4, 0.5) is 4.39 Å². The lowest BCUT2D eigenvalue weighted by Gasteiger charge is -2.08. The molecule has 20 heavy (non-hydrogen) atoms. The van der Waals surface area contributed by atoms with Gasteiger partial charge in [0.2, 0.25) is 0 Å². The summed E-state index contributed by atoms with van der Waals surface area (Å²) in [4.78, 5) is 14.5. The fourth-order valence-corrected chi connectivity index (χ4v) is 1.54. The highest BCUT2D eigenvalue weighted by atomic mass is 19.1. The number of aliphatic carboxylic acids is 1. The maximum Gasteiger partial charge on any atom is 0.328 e. The molecule has 104 valence electrons. The van der Waals surface area contributed by atoms with Crippen molar-refractivity contribution in [3.05, 3.63) is 47.8 Å². The highest BCUT2D eigenvalue weighted by molar-refractivity contribution is 5.85. The molecule has 0 unspecified atom stereocenters. The molecular formula is C13H12FN3O3. The molecule has 1 N–H and O–H groups in total. The maximum atomic E-state index is 13.2. The quantitative estimate of drug-likeness (QED) is 0.840. The summed E-state index contributed by atoms with van der Waals surface area (Å²) in [5.74, 6) is -0.621. The normalized spacial score (nSPS) is 10.9. The average Bonchev–Trinajstić information content (AvgIpc) is 2.81. The summed E-state index contributed by atoms with van der Waals surface area (Å²) in [7, 11) is 1.72. The van der Waals surface area contributed by atoms with Gasteiger partial charge in [-0.05, 0) is 24.3 Å². The Hall–Kier alpha value is -2.70. The molecule has 6 nitrogen and oxygen atoms in total. The number of ether oxygens (including phenoxy) is 1. The predicted octanol–water partition coefficient (Wildman–Crippen LogP) is 1.63. The fourth-order valence-electron chi connectivity index (χ4n) is 1.54. The second-order valence-corrected chi connectivity index (χ2v) is 3.94. The SMILES string of the molecule is Cn1ncnc1COc1ccc(F)cc1/C=C/C(=O)O. The van der Waals surface area contributed by atoms with Crippen LogP contribution in [-0.2, 0) is 18.4 Å². The van der Waals surface area contributed by atoms with Crippen LogP contribution in [-0.4, -0.2) is 25.8 Å². The van der Waals surface area contributed by atoms with Gasteiger partial charge in [-0.3, -0.25) is 4.68 Å². The standard InChI is InChI=1S/C13H12FN3O3/c1-17-12(15-8-16-17)7-20-11-4-3-10(14)6-9(11)2-5-13(18)19/h2-6,8H,7H2,1H3,(H,18,19)/b5-2+. The topological polar surface area (TPSA) is 77.2 Å². The van der Waals surface area contributed by atoms with Crippen LogP contribution in [0.15, 0.2) is 30.6 Å². The van der Waals surface area contributed by atoms with E-state index >= 15 is 0 Å². The monoisotopic (exact) mass is 277 g/mol. The lowest BCUT2D eigenvalue weighted by atomic mass is 10.2. The van der Waals surface area contributed by atoms with Crippen molar-refractivity contribution >= 4 is 12.0 Å². The molecule has 2 rings (SSSR count). The molecule has 2 aromatic rings. The van der Waals surface area contributed by atoms with Crippen molar-refractivity contribution in [3.63, 3.8) is 0 Å². The number of carboxylic acid groups (broad SMARTS) is 1. The minimum atomic E-state index is -1.12. The third kappa shape index (κ3) is 3.41. The van der Waals surface area contributed by atoms with E-state index in [1.54, 1.807) is 11.7 Å². The third-order valence-corrected chi connectivity index (χ3v) is 2.54. The molecule has 0 aliphatic rings. The number of benzene rings is 1. The van der Waals surface area contributed by atoms with E-state index in [0.717, 1.165) is 6.08 Å². The van der Waals surface area contributed by atoms with Crippen LogP contribution in [0.1, 0.15) is 11.4 Å². The Bertz CT molecular complexity index is 652. The molecule has 0 saturated heterocycles. The third-order valence-electron chi connectivity index (χ3n) is 2.54. The van der Waals surface area contributed by atoms with Crippen molar-refractivity contribution in [3.8, 4) is 5.75 Å². The Morgan fingerprint density at radius 3 is 3.00 bits per heavy atom. The molecule has 7 heteroatoms. The number of aryl methyl sites for hydroxylation is 1. The van der Waals surface area contributed by atoms with E-state index in [1.807, 2.05) is 0 Å². The zero-order valence-electron chi connectivity index (χ0n) is 10.7. The molecule has 0 bridgehead atoms. The molecule has 1 heterocycles. The van der Waals surface area contributed by atoms with Crippen LogP contribution in [0.5, 0.6) is 5.75 Å². The number of halogens is 1. The molecule has 0 fully saturated rings. The Morgan fingerprint density at radius 2 is 2.35 bits per heavy atom. The predicted molar refractivity (Wildman–Crippen MR) is 68.4 cm³/mol. The second-order valence-electron chi connectivity index (χ2n) is 3.94. The van der Waals surface area contributed by atoms with Crippen molar-refractivity contribution in [2.45, 2.75) is 6.61 Å². The van der Waals surface area contributed by atoms with E-state index in [4.69, 9.17) is 9.84 Å². The molecule has 0 aliphatic carbocycles. The van der Waals surface area contributed by atoms with Gasteiger partial charge in [0.15, 0.2) is 5.82 Å². The zero-order valence-corrected chi connectivity index (χ0v) is 10.7. The molecule has 1 aromatic heterocycles. The van der Waals surface area contributed by atoms with Crippen molar-refractivity contribution in [1.29, 1.82) is 0 Å². The largest absolute Gasteiger partial charge is 0.485 e. The first-order chi connectivity index (χ1) is 9.56. The number of hydrogen-bond donors (Lipinski definition) is 1. The van der Waals surface area contributed by atoms with Gasteiger partial charge < -0.3 is 9.84 Å². The van der Waals surface area contributed by atoms with Gasteiger partial charge >= 0.3 is 5.97 Å². The Labute approximate surface area is 114 Å². The lowest BCUT2D eigenvalue weighted by Crippen LogP contribution is -2.05. The zero-order chi connectivity index (χ0) is 14.5. The number of nitrogens with zero attached hydrogens (tertiary/aromatic N) is 3. The summed E-state index contributed by atoms with van der Waals surface area (Å²) < 4.78 is 20.3. The number of rotatable bonds is 5. The first kappa shape index (κ1) is 13.7. The minimum Gasteiger partial charge on any atom is -0.485 e. The van der Waals surface area contributed by atoms with E-state index in [2.05, 4.69) is 10.1 Å². The number of hydrogen-bond acceptors (Lipinski definition) is 4. The summed E-state index contributed by atoms with van der Waals surface area (Å²) >= 11 is 0. The van der Waals surface area contributed by atoms with Crippen molar-refractivity contribution < 1.29 is 19.0 Å². The van der Waals surface area contributed by atoms with Crippen LogP contribution in [0.25, 0.3) is 6.08 Å². The average molecular weight is 277 g/mol. The van der Waals surface area contributed by atoms with E-state index in [-0.39, 0.29) is 6.61 Å². The second kappa shape index (κ2) is 5.96. The molecule has 1 aromatic carbocycles. The van der Waals surface area contributed by atoms with Gasteiger partial charge in [-0.2, -0.15) is 5.10 Å². The maximum absolute atomic E-state index is 13.2. The molecule has 0 radical (unpaired) electrons. The van der Waals surface area contributed by atoms with Gasteiger partial charge in [-0.1, -0.05) is 0 Å². The first-order valence-electron chi connectivity index (χ1n) is 5.72. The highest BCUT2D eigenvalue weighted by Crippen LogP contribution is 2.22. The van der Waals surface area contributed by atoms with Gasteiger partial charge in [-0.15, -0.1) is 0 Å². The van der Waals surface area contributed by atoms with Crippen molar-refractivity contribution in [1.82, 2.24) is 14.8 Å². The molecular weight excluding hydrogens is 265 g/mol. The molecule has 0 amide bonds. The van der Waals surface area contributed by atoms with Gasteiger partial charge in [-0.25, -0.2) is 14.2 Å². The van der Waals surface area contributed by atoms with E-state index in [9.17, 15) is 9.18 Å². The fraction of sp³-hybridized carbons (Fsp3) is 0.154. The van der Waals surface area contributed by atoms with Gasteiger partial charge in [0.05, 0.1) is 0 Å². The highest BCUT2D eigenvalue weighted by Gasteiger charge is 2.06. The van der Waals surface area contributed by atoms with Gasteiger partial charge in [0.1, 0.15) is 24.5 Å². The number of carbonyl (C=O) groups is 1. The van der Waals surface area contributed by atoms with Crippen LogP contribution in [0.2, 0.25) is 0 Å². The minimum absolute atomic E-state index is 0.149. The molecule has 0 aliphatic heterocycles. The first-order valence-corrected chi connectivity index (χ1v) is 5.72. The summed E-state index contributed by atoms with van der Waals surface area (Å²) in [6.45, 7) is 0.149. The van der Waals surface area contributed by atoms with Crippen molar-refractivity contribution in [2.75, 3.05) is 0 Å². The summed E-state index contributed by atoms with van der Waals surface area (Å²) in [5, 5.41) is 12.5. The number of aromatic nitrogens is 3. The Morgan fingerprint density at radius 1 is 1.55 bits per heavy atom. The van der Waals surface area contributed by atoms with Crippen LogP contribution < -0.4 is 4.74 Å². The summed E-state index contributed by atoms with van der Waals surface area (Å²) in [6.07, 6.45) is 3.59. The number of carboxylic acids is 1. The van der Waals surface area contributed by atoms with Gasteiger partial charge in [0.25, 0.3) is 0 Å². The Balaban J connectivity index is 2.18. The molecule has 0 saturated carbocycles. The van der Waals surface area contributed by atoms with E-state index in [1.165, 1.54) is 30.6 Å². The lowest BCUT2D eigenvalue weighted by molar-refractivity contribution is -0.131. The smallest absolute Gasteiger partial charge is 0.328 e. The molecule has 0 spiro atoms. The van der Waals surface area contributed by atoms with Crippen LogP contribution in [0.3, 0.4) is 0 Å². The molecule has 0 atom stereocenters. The van der Waals surface area contributed by atoms with E-state index < -0.39 is 11.8 Å². The van der Waals surface area contributed by atoms with Gasteiger partial charge in [0, 0.05) is 18.7 Å². The van der Waals surface area contributed by atoms with Crippen LogP contribution in [0, 0.1) is 5.82 Å². The van der Waals surface area contributed by atoms with E-state index in [0.29, 0.717) is 17.1 Å². The summed E-state index contributed by atoms with van der Waals surface area (Å²) in [5.41, 5.74) is 0.342. The van der Waals surface area contributed by atoms with Crippen LogP contribution >= 0.6 is 0 Å². The van der Waals surface area contributed by atoms with Crippen molar-refractivity contribution in [2.24, 2.45) is 7.05 Å².